The molecule has 2 N–H and O–H groups in total. The molecule has 234 valence electrons. The lowest BCUT2D eigenvalue weighted by molar-refractivity contribution is -0.116. The van der Waals surface area contributed by atoms with Gasteiger partial charge < -0.3 is 29.4 Å². The van der Waals surface area contributed by atoms with E-state index in [-0.39, 0.29) is 30.1 Å². The molecule has 2 aliphatic heterocycles. The highest BCUT2D eigenvalue weighted by molar-refractivity contribution is 6.76. The number of nitrogens with zero attached hydrogens (tertiary/aromatic N) is 5. The first-order valence-corrected chi connectivity index (χ1v) is 18.8. The van der Waals surface area contributed by atoms with Gasteiger partial charge in [-0.3, -0.25) is 14.2 Å². The first-order chi connectivity index (χ1) is 21.8. The van der Waals surface area contributed by atoms with E-state index in [2.05, 4.69) is 45.4 Å². The lowest BCUT2D eigenvalue weighted by Gasteiger charge is -2.32. The first kappa shape index (κ1) is 30.4. The van der Waals surface area contributed by atoms with Crippen molar-refractivity contribution in [2.45, 2.75) is 38.6 Å². The third-order valence-corrected chi connectivity index (χ3v) is 9.30. The van der Waals surface area contributed by atoms with E-state index in [1.54, 1.807) is 10.6 Å². The molecule has 4 heterocycles. The number of pyridine rings is 1. The molecule has 6 rings (SSSR count). The van der Waals surface area contributed by atoms with Crippen LogP contribution in [0.1, 0.15) is 11.1 Å². The molecule has 0 saturated carbocycles. The number of anilines is 3. The van der Waals surface area contributed by atoms with Crippen molar-refractivity contribution in [3.8, 4) is 11.5 Å². The van der Waals surface area contributed by atoms with Crippen LogP contribution in [-0.4, -0.2) is 73.5 Å². The molecule has 1 amide bonds. The maximum absolute atomic E-state index is 13.3. The summed E-state index contributed by atoms with van der Waals surface area (Å²) in [6.07, 6.45) is -1.05. The Morgan fingerprint density at radius 2 is 1.71 bits per heavy atom. The Morgan fingerprint density at radius 3 is 2.49 bits per heavy atom. The Kier molecular flexibility index (Phi) is 8.91. The summed E-state index contributed by atoms with van der Waals surface area (Å²) in [5.41, 5.74) is 3.37. The molecule has 12 nitrogen and oxygen atoms in total. The van der Waals surface area contributed by atoms with Crippen LogP contribution in [0.5, 0.6) is 0 Å². The number of rotatable bonds is 10. The first-order valence-electron chi connectivity index (χ1n) is 15.0. The molecule has 0 spiro atoms. The maximum Gasteiger partial charge on any atom is 0.317 e. The van der Waals surface area contributed by atoms with Gasteiger partial charge >= 0.3 is 6.01 Å². The van der Waals surface area contributed by atoms with Gasteiger partial charge in [0, 0.05) is 45.0 Å². The fraction of sp³-hybridized carbons (Fsp3) is 0.344. The van der Waals surface area contributed by atoms with Crippen LogP contribution in [0.15, 0.2) is 80.9 Å². The minimum Gasteiger partial charge on any atom is -0.403 e. The van der Waals surface area contributed by atoms with E-state index in [0.717, 1.165) is 17.2 Å². The van der Waals surface area contributed by atoms with E-state index < -0.39 is 14.2 Å². The fourth-order valence-electron chi connectivity index (χ4n) is 5.20. The van der Waals surface area contributed by atoms with Crippen molar-refractivity contribution in [3.05, 3.63) is 88.2 Å². The van der Waals surface area contributed by atoms with Crippen molar-refractivity contribution in [1.29, 1.82) is 0 Å². The molecular weight excluding hydrogens is 590 g/mol. The molecule has 0 bridgehead atoms. The standard InChI is InChI=1S/C32H37N7O5Si/c1-45(2,3)20-19-43-21-39-26(40)14-13-24(31(39)38-15-17-42-18-16-38)30-36-37-32(44-30)35-28-29(41)33-25-12-8-7-11-23(25)27(34-28)22-9-5-4-6-10-22/h4-14,28H,15-21H2,1-3H3,(H,33,41)(H,35,37)/t28-/m1/s1. The minimum atomic E-state index is -1.30. The van der Waals surface area contributed by atoms with Gasteiger partial charge in [-0.2, -0.15) is 0 Å². The molecular formula is C32H37N7O5Si. The number of fused-ring (bicyclic) bond motifs is 1. The Morgan fingerprint density at radius 1 is 0.956 bits per heavy atom. The third kappa shape index (κ3) is 7.06. The van der Waals surface area contributed by atoms with Gasteiger partial charge in [-0.05, 0) is 18.2 Å². The number of ether oxygens (including phenoxy) is 2. The summed E-state index contributed by atoms with van der Waals surface area (Å²) in [6, 6.07) is 21.4. The summed E-state index contributed by atoms with van der Waals surface area (Å²) in [6.45, 7) is 9.76. The highest BCUT2D eigenvalue weighted by Gasteiger charge is 2.28. The highest BCUT2D eigenvalue weighted by Crippen LogP contribution is 2.31. The molecule has 2 aromatic heterocycles. The Bertz CT molecular complexity index is 1740. The van der Waals surface area contributed by atoms with Crippen LogP contribution in [-0.2, 0) is 21.0 Å². The molecule has 2 aromatic carbocycles. The number of para-hydroxylation sites is 1. The van der Waals surface area contributed by atoms with Crippen molar-refractivity contribution >= 4 is 37.2 Å². The zero-order valence-electron chi connectivity index (χ0n) is 25.7. The second-order valence-corrected chi connectivity index (χ2v) is 17.7. The van der Waals surface area contributed by atoms with Crippen LogP contribution in [0.25, 0.3) is 11.5 Å². The lowest BCUT2D eigenvalue weighted by Crippen LogP contribution is -2.40. The van der Waals surface area contributed by atoms with Gasteiger partial charge in [-0.15, -0.1) is 5.10 Å². The number of aliphatic imine (C=N–C) groups is 1. The number of nitrogens with one attached hydrogen (secondary N) is 2. The van der Waals surface area contributed by atoms with E-state index in [0.29, 0.717) is 55.7 Å². The van der Waals surface area contributed by atoms with Gasteiger partial charge in [-0.25, -0.2) is 4.99 Å². The van der Waals surface area contributed by atoms with Crippen LogP contribution in [0, 0.1) is 0 Å². The molecule has 0 radical (unpaired) electrons. The number of amides is 1. The van der Waals surface area contributed by atoms with Gasteiger partial charge in [0.25, 0.3) is 17.4 Å². The maximum atomic E-state index is 13.3. The third-order valence-electron chi connectivity index (χ3n) is 7.59. The van der Waals surface area contributed by atoms with Gasteiger partial charge in [-0.1, -0.05) is 73.3 Å². The van der Waals surface area contributed by atoms with Crippen molar-refractivity contribution < 1.29 is 18.7 Å². The van der Waals surface area contributed by atoms with Crippen LogP contribution >= 0.6 is 0 Å². The number of benzene rings is 2. The highest BCUT2D eigenvalue weighted by atomic mass is 28.3. The topological polar surface area (TPSA) is 136 Å². The molecule has 0 unspecified atom stereocenters. The van der Waals surface area contributed by atoms with E-state index in [1.165, 1.54) is 6.07 Å². The number of morpholine rings is 1. The SMILES string of the molecule is C[Si](C)(C)CCOCn1c(N2CCOCC2)c(-c2nnc(N[C@H]3N=C(c4ccccc4)c4ccccc4NC3=O)o2)ccc1=O. The van der Waals surface area contributed by atoms with Gasteiger partial charge in [0.15, 0.2) is 0 Å². The van der Waals surface area contributed by atoms with Crippen LogP contribution in [0.3, 0.4) is 0 Å². The average molecular weight is 628 g/mol. The van der Waals surface area contributed by atoms with E-state index in [4.69, 9.17) is 18.9 Å². The summed E-state index contributed by atoms with van der Waals surface area (Å²) in [7, 11) is -1.30. The summed E-state index contributed by atoms with van der Waals surface area (Å²) < 4.78 is 19.3. The summed E-state index contributed by atoms with van der Waals surface area (Å²) in [5.74, 6) is 0.451. The lowest BCUT2D eigenvalue weighted by atomic mass is 10.0. The molecule has 0 aliphatic carbocycles. The molecule has 1 atom stereocenters. The average Bonchev–Trinajstić information content (AvgIpc) is 3.45. The van der Waals surface area contributed by atoms with E-state index in [1.807, 2.05) is 54.6 Å². The van der Waals surface area contributed by atoms with Gasteiger partial charge in [0.05, 0.1) is 30.2 Å². The largest absolute Gasteiger partial charge is 0.403 e. The zero-order chi connectivity index (χ0) is 31.4. The van der Waals surface area contributed by atoms with Crippen molar-refractivity contribution in [1.82, 2.24) is 14.8 Å². The second kappa shape index (κ2) is 13.2. The van der Waals surface area contributed by atoms with Crippen LogP contribution in [0.2, 0.25) is 25.7 Å². The summed E-state index contributed by atoms with van der Waals surface area (Å²) >= 11 is 0. The summed E-state index contributed by atoms with van der Waals surface area (Å²) in [4.78, 5) is 33.3. The predicted molar refractivity (Wildman–Crippen MR) is 176 cm³/mol. The van der Waals surface area contributed by atoms with Crippen LogP contribution in [0.4, 0.5) is 17.5 Å². The molecule has 2 aliphatic rings. The second-order valence-electron chi connectivity index (χ2n) is 12.1. The van der Waals surface area contributed by atoms with Gasteiger partial charge in [0.2, 0.25) is 6.17 Å². The molecule has 13 heteroatoms. The molecule has 45 heavy (non-hydrogen) atoms. The number of carbonyl (C=O) groups excluding carboxylic acids is 1. The van der Waals surface area contributed by atoms with Crippen molar-refractivity contribution in [3.63, 3.8) is 0 Å². The molecule has 4 aromatic rings. The van der Waals surface area contributed by atoms with Gasteiger partial charge in [0.1, 0.15) is 12.5 Å². The number of benzodiazepines with no additional fused rings is 1. The number of hydrogen-bond acceptors (Lipinski definition) is 10. The van der Waals surface area contributed by atoms with E-state index >= 15 is 0 Å². The monoisotopic (exact) mass is 627 g/mol. The zero-order valence-corrected chi connectivity index (χ0v) is 26.7. The normalized spacial score (nSPS) is 16.9. The molecule has 1 saturated heterocycles. The number of aromatic nitrogens is 3. The van der Waals surface area contributed by atoms with E-state index in [9.17, 15) is 9.59 Å². The Labute approximate surface area is 262 Å². The smallest absolute Gasteiger partial charge is 0.317 e. The van der Waals surface area contributed by atoms with Crippen LogP contribution < -0.4 is 21.1 Å². The quantitative estimate of drug-likeness (QED) is 0.195. The summed E-state index contributed by atoms with van der Waals surface area (Å²) in [5, 5.41) is 14.5. The predicted octanol–water partition coefficient (Wildman–Crippen LogP) is 4.27. The number of hydrogen-bond donors (Lipinski definition) is 2. The Balaban J connectivity index is 1.31. The van der Waals surface area contributed by atoms with Crippen molar-refractivity contribution in [2.24, 2.45) is 4.99 Å². The fourth-order valence-corrected chi connectivity index (χ4v) is 5.96. The Hall–Kier alpha value is -4.59. The molecule has 1 fully saturated rings. The number of carbonyl (C=O) groups is 1. The minimum absolute atomic E-state index is 0.0179. The van der Waals surface area contributed by atoms with Crippen molar-refractivity contribution in [2.75, 3.05) is 48.4 Å².